The molecule has 3 nitrogen and oxygen atoms in total. The number of halogens is 1. The maximum atomic E-state index is 13.2. The maximum Gasteiger partial charge on any atom is 0.135 e. The summed E-state index contributed by atoms with van der Waals surface area (Å²) >= 11 is 0. The molecule has 1 N–H and O–H groups in total. The number of ether oxygens (including phenoxy) is 2. The first-order valence-corrected chi connectivity index (χ1v) is 6.73. The van der Waals surface area contributed by atoms with Gasteiger partial charge in [-0.15, -0.1) is 0 Å². The minimum Gasteiger partial charge on any atom is -0.490 e. The Labute approximate surface area is 119 Å². The summed E-state index contributed by atoms with van der Waals surface area (Å²) in [4.78, 5) is 0. The van der Waals surface area contributed by atoms with E-state index in [1.807, 2.05) is 0 Å². The smallest absolute Gasteiger partial charge is 0.135 e. The Morgan fingerprint density at radius 3 is 2.80 bits per heavy atom. The fourth-order valence-corrected chi connectivity index (χ4v) is 1.47. The van der Waals surface area contributed by atoms with Gasteiger partial charge in [0, 0.05) is 13.0 Å². The van der Waals surface area contributed by atoms with Crippen LogP contribution in [0.25, 0.3) is 0 Å². The molecule has 0 aliphatic carbocycles. The second kappa shape index (κ2) is 9.35. The normalized spacial score (nSPS) is 10.2. The van der Waals surface area contributed by atoms with Gasteiger partial charge in [-0.1, -0.05) is 25.7 Å². The fraction of sp³-hybridized carbons (Fsp3) is 0.500. The highest BCUT2D eigenvalue weighted by Crippen LogP contribution is 2.18. The molecule has 110 valence electrons. The minimum atomic E-state index is -0.360. The van der Waals surface area contributed by atoms with E-state index >= 15 is 0 Å². The molecule has 0 fully saturated rings. The van der Waals surface area contributed by atoms with Crippen LogP contribution in [0.15, 0.2) is 18.2 Å². The predicted molar refractivity (Wildman–Crippen MR) is 76.1 cm³/mol. The standard InChI is InChI=1S/C16H21FO3/c1-13(2)12-19-9-10-20-16-7-6-15(17)11-14(16)5-3-4-8-18/h6-7,11,13,18H,4,8-10,12H2,1-2H3. The third-order valence-electron chi connectivity index (χ3n) is 2.34. The van der Waals surface area contributed by atoms with Gasteiger partial charge < -0.3 is 14.6 Å². The van der Waals surface area contributed by atoms with E-state index in [1.54, 1.807) is 6.07 Å². The molecule has 1 aromatic carbocycles. The van der Waals surface area contributed by atoms with Gasteiger partial charge in [0.05, 0.1) is 18.8 Å². The van der Waals surface area contributed by atoms with Crippen molar-refractivity contribution in [3.05, 3.63) is 29.6 Å². The van der Waals surface area contributed by atoms with Crippen molar-refractivity contribution in [1.82, 2.24) is 0 Å². The van der Waals surface area contributed by atoms with Crippen molar-refractivity contribution in [2.45, 2.75) is 20.3 Å². The van der Waals surface area contributed by atoms with Gasteiger partial charge in [-0.3, -0.25) is 0 Å². The third kappa shape index (κ3) is 6.55. The van der Waals surface area contributed by atoms with Gasteiger partial charge in [0.2, 0.25) is 0 Å². The highest BCUT2D eigenvalue weighted by atomic mass is 19.1. The van der Waals surface area contributed by atoms with Crippen LogP contribution in [0.1, 0.15) is 25.8 Å². The summed E-state index contributed by atoms with van der Waals surface area (Å²) in [6.45, 7) is 5.72. The lowest BCUT2D eigenvalue weighted by molar-refractivity contribution is 0.0818. The summed E-state index contributed by atoms with van der Waals surface area (Å²) in [5, 5.41) is 8.69. The van der Waals surface area contributed by atoms with E-state index in [4.69, 9.17) is 14.6 Å². The number of aliphatic hydroxyl groups excluding tert-OH is 1. The Kier molecular flexibility index (Phi) is 7.71. The molecule has 0 radical (unpaired) electrons. The molecule has 0 bridgehead atoms. The molecule has 0 amide bonds. The van der Waals surface area contributed by atoms with E-state index in [1.165, 1.54) is 12.1 Å². The summed E-state index contributed by atoms with van der Waals surface area (Å²) in [5.41, 5.74) is 0.488. The first-order chi connectivity index (χ1) is 9.63. The monoisotopic (exact) mass is 280 g/mol. The van der Waals surface area contributed by atoms with Gasteiger partial charge in [-0.25, -0.2) is 4.39 Å². The van der Waals surface area contributed by atoms with Crippen molar-refractivity contribution in [3.63, 3.8) is 0 Å². The molecular formula is C16H21FO3. The zero-order valence-corrected chi connectivity index (χ0v) is 12.0. The predicted octanol–water partition coefficient (Wildman–Crippen LogP) is 2.61. The molecule has 0 spiro atoms. The van der Waals surface area contributed by atoms with Crippen molar-refractivity contribution < 1.29 is 19.0 Å². The van der Waals surface area contributed by atoms with Crippen LogP contribution in [0.4, 0.5) is 4.39 Å². The highest BCUT2D eigenvalue weighted by Gasteiger charge is 2.03. The van der Waals surface area contributed by atoms with Crippen LogP contribution in [-0.2, 0) is 4.74 Å². The van der Waals surface area contributed by atoms with Crippen molar-refractivity contribution in [2.24, 2.45) is 5.92 Å². The Morgan fingerprint density at radius 2 is 2.10 bits per heavy atom. The van der Waals surface area contributed by atoms with Crippen LogP contribution < -0.4 is 4.74 Å². The van der Waals surface area contributed by atoms with Crippen LogP contribution in [0.2, 0.25) is 0 Å². The highest BCUT2D eigenvalue weighted by molar-refractivity contribution is 5.46. The van der Waals surface area contributed by atoms with Gasteiger partial charge in [-0.2, -0.15) is 0 Å². The summed E-state index contributed by atoms with van der Waals surface area (Å²) < 4.78 is 24.1. The van der Waals surface area contributed by atoms with Gasteiger partial charge >= 0.3 is 0 Å². The second-order valence-electron chi connectivity index (χ2n) is 4.73. The molecule has 1 aromatic rings. The first kappa shape index (κ1) is 16.5. The number of aliphatic hydroxyl groups is 1. The summed E-state index contributed by atoms with van der Waals surface area (Å²) in [5.74, 6) is 6.22. The molecule has 0 saturated carbocycles. The average Bonchev–Trinajstić information content (AvgIpc) is 2.40. The van der Waals surface area contributed by atoms with Gasteiger partial charge in [0.15, 0.2) is 0 Å². The lowest BCUT2D eigenvalue weighted by atomic mass is 10.2. The van der Waals surface area contributed by atoms with E-state index in [-0.39, 0.29) is 12.4 Å². The van der Waals surface area contributed by atoms with Gasteiger partial charge in [-0.05, 0) is 24.1 Å². The lowest BCUT2D eigenvalue weighted by Gasteiger charge is -2.10. The third-order valence-corrected chi connectivity index (χ3v) is 2.34. The SMILES string of the molecule is CC(C)COCCOc1ccc(F)cc1C#CCCO. The van der Waals surface area contributed by atoms with Crippen LogP contribution in [0.3, 0.4) is 0 Å². The molecule has 4 heteroatoms. The quantitative estimate of drug-likeness (QED) is 0.616. The maximum absolute atomic E-state index is 13.2. The Morgan fingerprint density at radius 1 is 1.30 bits per heavy atom. The van der Waals surface area contributed by atoms with Crippen LogP contribution >= 0.6 is 0 Å². The molecule has 0 saturated heterocycles. The summed E-state index contributed by atoms with van der Waals surface area (Å²) in [6.07, 6.45) is 0.355. The number of hydrogen-bond donors (Lipinski definition) is 1. The van der Waals surface area contributed by atoms with Crippen molar-refractivity contribution in [1.29, 1.82) is 0 Å². The fourth-order valence-electron chi connectivity index (χ4n) is 1.47. The van der Waals surface area contributed by atoms with E-state index in [0.29, 0.717) is 43.5 Å². The first-order valence-electron chi connectivity index (χ1n) is 6.73. The van der Waals surface area contributed by atoms with Crippen molar-refractivity contribution in [2.75, 3.05) is 26.4 Å². The summed E-state index contributed by atoms with van der Waals surface area (Å²) in [7, 11) is 0. The zero-order valence-electron chi connectivity index (χ0n) is 12.0. The minimum absolute atomic E-state index is 0.0124. The molecule has 0 aliphatic rings. The molecule has 0 unspecified atom stereocenters. The van der Waals surface area contributed by atoms with Gasteiger partial charge in [0.25, 0.3) is 0 Å². The Balaban J connectivity index is 2.54. The molecule has 20 heavy (non-hydrogen) atoms. The molecular weight excluding hydrogens is 259 g/mol. The largest absolute Gasteiger partial charge is 0.490 e. The molecule has 0 aliphatic heterocycles. The van der Waals surface area contributed by atoms with E-state index < -0.39 is 0 Å². The number of benzene rings is 1. The average molecular weight is 280 g/mol. The summed E-state index contributed by atoms with van der Waals surface area (Å²) in [6, 6.07) is 4.22. The lowest BCUT2D eigenvalue weighted by Crippen LogP contribution is -2.10. The van der Waals surface area contributed by atoms with Crippen molar-refractivity contribution >= 4 is 0 Å². The van der Waals surface area contributed by atoms with E-state index in [9.17, 15) is 4.39 Å². The molecule has 0 atom stereocenters. The van der Waals surface area contributed by atoms with Crippen LogP contribution in [0, 0.1) is 23.6 Å². The number of hydrogen-bond acceptors (Lipinski definition) is 3. The Hall–Kier alpha value is -1.57. The van der Waals surface area contributed by atoms with Gasteiger partial charge in [0.1, 0.15) is 18.2 Å². The van der Waals surface area contributed by atoms with Crippen LogP contribution in [0.5, 0.6) is 5.75 Å². The second-order valence-corrected chi connectivity index (χ2v) is 4.73. The molecule has 0 heterocycles. The van der Waals surface area contributed by atoms with E-state index in [0.717, 1.165) is 0 Å². The topological polar surface area (TPSA) is 38.7 Å². The molecule has 0 aromatic heterocycles. The Bertz CT molecular complexity index is 461. The van der Waals surface area contributed by atoms with Crippen molar-refractivity contribution in [3.8, 4) is 17.6 Å². The van der Waals surface area contributed by atoms with E-state index in [2.05, 4.69) is 25.7 Å². The van der Waals surface area contributed by atoms with Crippen LogP contribution in [-0.4, -0.2) is 31.5 Å². The molecule has 1 rings (SSSR count). The zero-order chi connectivity index (χ0) is 14.8. The number of rotatable bonds is 7.